The van der Waals surface area contributed by atoms with Crippen LogP contribution in [0.25, 0.3) is 10.2 Å². The number of aromatic nitrogens is 2. The van der Waals surface area contributed by atoms with Gasteiger partial charge >= 0.3 is 0 Å². The van der Waals surface area contributed by atoms with Crippen molar-refractivity contribution in [3.05, 3.63) is 45.0 Å². The summed E-state index contributed by atoms with van der Waals surface area (Å²) in [5.41, 5.74) is 1.94. The van der Waals surface area contributed by atoms with Crippen LogP contribution in [0.3, 0.4) is 0 Å². The van der Waals surface area contributed by atoms with Gasteiger partial charge in [0.1, 0.15) is 10.6 Å². The third kappa shape index (κ3) is 2.98. The van der Waals surface area contributed by atoms with E-state index in [0.29, 0.717) is 10.8 Å². The predicted molar refractivity (Wildman–Crippen MR) is 91.3 cm³/mol. The van der Waals surface area contributed by atoms with E-state index in [9.17, 15) is 0 Å². The van der Waals surface area contributed by atoms with E-state index in [1.165, 1.54) is 4.88 Å². The lowest BCUT2D eigenvalue weighted by molar-refractivity contribution is 1.19. The smallest absolute Gasteiger partial charge is 0.225 e. The second-order valence-corrected chi connectivity index (χ2v) is 6.60. The topological polar surface area (TPSA) is 37.8 Å². The fourth-order valence-electron chi connectivity index (χ4n) is 2.08. The first-order valence-corrected chi connectivity index (χ1v) is 8.13. The van der Waals surface area contributed by atoms with Crippen LogP contribution in [0.5, 0.6) is 0 Å². The van der Waals surface area contributed by atoms with Gasteiger partial charge in [0.25, 0.3) is 0 Å². The first-order chi connectivity index (χ1) is 10.1. The summed E-state index contributed by atoms with van der Waals surface area (Å²) in [5, 5.41) is 5.13. The summed E-state index contributed by atoms with van der Waals surface area (Å²) in [6, 6.07) is 7.92. The molecule has 2 aromatic heterocycles. The second kappa shape index (κ2) is 5.79. The molecule has 3 rings (SSSR count). The van der Waals surface area contributed by atoms with Gasteiger partial charge in [-0.25, -0.2) is 4.98 Å². The number of halogens is 2. The standard InChI is InChI=1S/C15H13Cl2N3S/c1-3-9-7-10-13(19-15(17)20-14(10)21-9)18-12-6-8(2)4-5-11(12)16/h4-7H,3H2,1-2H3,(H,18,19,20). The monoisotopic (exact) mass is 337 g/mol. The minimum atomic E-state index is 0.235. The first-order valence-electron chi connectivity index (χ1n) is 6.56. The molecule has 0 radical (unpaired) electrons. The maximum absolute atomic E-state index is 6.23. The molecule has 2 heterocycles. The lowest BCUT2D eigenvalue weighted by atomic mass is 10.2. The van der Waals surface area contributed by atoms with E-state index < -0.39 is 0 Å². The largest absolute Gasteiger partial charge is 0.338 e. The number of rotatable bonds is 3. The number of fused-ring (bicyclic) bond motifs is 1. The third-order valence-corrected chi connectivity index (χ3v) is 4.81. The molecule has 3 nitrogen and oxygen atoms in total. The van der Waals surface area contributed by atoms with Gasteiger partial charge in [0.15, 0.2) is 0 Å². The summed E-state index contributed by atoms with van der Waals surface area (Å²) in [6.07, 6.45) is 0.962. The van der Waals surface area contributed by atoms with Gasteiger partial charge in [0.2, 0.25) is 5.28 Å². The van der Waals surface area contributed by atoms with Crippen molar-refractivity contribution < 1.29 is 0 Å². The van der Waals surface area contributed by atoms with E-state index in [4.69, 9.17) is 23.2 Å². The van der Waals surface area contributed by atoms with Crippen LogP contribution in [0.2, 0.25) is 10.3 Å². The first kappa shape index (κ1) is 14.6. The Balaban J connectivity index is 2.11. The van der Waals surface area contributed by atoms with E-state index >= 15 is 0 Å². The van der Waals surface area contributed by atoms with Crippen molar-refractivity contribution in [1.82, 2.24) is 9.97 Å². The fourth-order valence-corrected chi connectivity index (χ4v) is 3.43. The summed E-state index contributed by atoms with van der Waals surface area (Å²) in [4.78, 5) is 10.7. The molecule has 0 aliphatic carbocycles. The summed E-state index contributed by atoms with van der Waals surface area (Å²) in [5.74, 6) is 0.688. The maximum atomic E-state index is 6.23. The lowest BCUT2D eigenvalue weighted by Crippen LogP contribution is -1.97. The molecule has 0 amide bonds. The van der Waals surface area contributed by atoms with Gasteiger partial charge < -0.3 is 5.32 Å². The van der Waals surface area contributed by atoms with Gasteiger partial charge in [0, 0.05) is 4.88 Å². The zero-order valence-corrected chi connectivity index (χ0v) is 13.9. The second-order valence-electron chi connectivity index (χ2n) is 4.73. The highest BCUT2D eigenvalue weighted by molar-refractivity contribution is 7.18. The van der Waals surface area contributed by atoms with E-state index in [1.807, 2.05) is 25.1 Å². The quantitative estimate of drug-likeness (QED) is 0.631. The number of benzene rings is 1. The number of anilines is 2. The van der Waals surface area contributed by atoms with Crippen molar-refractivity contribution in [2.24, 2.45) is 0 Å². The van der Waals surface area contributed by atoms with Crippen LogP contribution in [-0.2, 0) is 6.42 Å². The average Bonchev–Trinajstić information content (AvgIpc) is 2.86. The molecule has 21 heavy (non-hydrogen) atoms. The molecule has 0 fully saturated rings. The Bertz CT molecular complexity index is 814. The highest BCUT2D eigenvalue weighted by atomic mass is 35.5. The minimum absolute atomic E-state index is 0.235. The minimum Gasteiger partial charge on any atom is -0.338 e. The molecular formula is C15H13Cl2N3S. The highest BCUT2D eigenvalue weighted by Gasteiger charge is 2.12. The predicted octanol–water partition coefficient (Wildman–Crippen LogP) is 5.61. The Morgan fingerprint density at radius 1 is 1.19 bits per heavy atom. The molecule has 0 saturated heterocycles. The van der Waals surface area contributed by atoms with Crippen molar-refractivity contribution >= 4 is 56.3 Å². The van der Waals surface area contributed by atoms with Crippen LogP contribution in [0, 0.1) is 6.92 Å². The van der Waals surface area contributed by atoms with Gasteiger partial charge in [-0.1, -0.05) is 24.6 Å². The lowest BCUT2D eigenvalue weighted by Gasteiger charge is -2.09. The summed E-state index contributed by atoms with van der Waals surface area (Å²) >= 11 is 13.9. The molecule has 6 heteroatoms. The summed E-state index contributed by atoms with van der Waals surface area (Å²) in [7, 11) is 0. The van der Waals surface area contributed by atoms with E-state index in [1.54, 1.807) is 11.3 Å². The van der Waals surface area contributed by atoms with Gasteiger partial charge in [-0.15, -0.1) is 11.3 Å². The van der Waals surface area contributed by atoms with Crippen molar-refractivity contribution in [1.29, 1.82) is 0 Å². The van der Waals surface area contributed by atoms with Crippen LogP contribution in [-0.4, -0.2) is 9.97 Å². The molecule has 1 N–H and O–H groups in total. The number of aryl methyl sites for hydroxylation is 2. The Kier molecular flexibility index (Phi) is 4.02. The van der Waals surface area contributed by atoms with Crippen LogP contribution in [0.15, 0.2) is 24.3 Å². The normalized spacial score (nSPS) is 11.0. The number of hydrogen-bond acceptors (Lipinski definition) is 4. The van der Waals surface area contributed by atoms with Crippen LogP contribution < -0.4 is 5.32 Å². The number of nitrogens with zero attached hydrogens (tertiary/aromatic N) is 2. The van der Waals surface area contributed by atoms with Crippen molar-refractivity contribution in [3.8, 4) is 0 Å². The molecule has 3 aromatic rings. The van der Waals surface area contributed by atoms with E-state index in [0.717, 1.165) is 27.9 Å². The van der Waals surface area contributed by atoms with Crippen molar-refractivity contribution in [3.63, 3.8) is 0 Å². The fraction of sp³-hybridized carbons (Fsp3) is 0.200. The van der Waals surface area contributed by atoms with E-state index in [-0.39, 0.29) is 5.28 Å². The molecule has 0 saturated carbocycles. The van der Waals surface area contributed by atoms with E-state index in [2.05, 4.69) is 28.3 Å². The molecule has 108 valence electrons. The van der Waals surface area contributed by atoms with Gasteiger partial charge in [-0.3, -0.25) is 0 Å². The molecule has 0 aliphatic heterocycles. The van der Waals surface area contributed by atoms with Gasteiger partial charge in [-0.2, -0.15) is 4.98 Å². The number of hydrogen-bond donors (Lipinski definition) is 1. The Hall–Kier alpha value is -1.36. The van der Waals surface area contributed by atoms with Crippen LogP contribution >= 0.6 is 34.5 Å². The summed E-state index contributed by atoms with van der Waals surface area (Å²) < 4.78 is 0. The Morgan fingerprint density at radius 3 is 2.76 bits per heavy atom. The number of thiophene rings is 1. The van der Waals surface area contributed by atoms with Crippen molar-refractivity contribution in [2.45, 2.75) is 20.3 Å². The molecule has 0 spiro atoms. The average molecular weight is 338 g/mol. The highest BCUT2D eigenvalue weighted by Crippen LogP contribution is 2.33. The van der Waals surface area contributed by atoms with Crippen molar-refractivity contribution in [2.75, 3.05) is 5.32 Å². The molecule has 1 aromatic carbocycles. The third-order valence-electron chi connectivity index (χ3n) is 3.14. The molecule has 0 unspecified atom stereocenters. The molecule has 0 bridgehead atoms. The SMILES string of the molecule is CCc1cc2c(Nc3cc(C)ccc3Cl)nc(Cl)nc2s1. The molecule has 0 aliphatic rings. The number of nitrogens with one attached hydrogen (secondary N) is 1. The zero-order valence-electron chi connectivity index (χ0n) is 11.6. The molecular weight excluding hydrogens is 325 g/mol. The Morgan fingerprint density at radius 2 is 2.00 bits per heavy atom. The molecule has 0 atom stereocenters. The maximum Gasteiger partial charge on any atom is 0.225 e. The van der Waals surface area contributed by atoms with Crippen LogP contribution in [0.4, 0.5) is 11.5 Å². The van der Waals surface area contributed by atoms with Crippen LogP contribution in [0.1, 0.15) is 17.4 Å². The van der Waals surface area contributed by atoms with Gasteiger partial charge in [0.05, 0.1) is 16.1 Å². The summed E-state index contributed by atoms with van der Waals surface area (Å²) in [6.45, 7) is 4.13. The zero-order chi connectivity index (χ0) is 15.0. The van der Waals surface area contributed by atoms with Gasteiger partial charge in [-0.05, 0) is 48.7 Å². The Labute approximate surface area is 137 Å².